The average molecular weight is 589 g/mol. The van der Waals surface area contributed by atoms with Gasteiger partial charge in [-0.05, 0) is 70.0 Å². The number of esters is 1. The third-order valence-electron chi connectivity index (χ3n) is 6.85. The van der Waals surface area contributed by atoms with Crippen molar-refractivity contribution >= 4 is 50.8 Å². The predicted molar refractivity (Wildman–Crippen MR) is 167 cm³/mol. The highest BCUT2D eigenvalue weighted by atomic mass is 32.1. The third-order valence-corrected chi connectivity index (χ3v) is 7.57. The van der Waals surface area contributed by atoms with E-state index in [0.29, 0.717) is 34.3 Å². The van der Waals surface area contributed by atoms with Crippen LogP contribution in [0.3, 0.4) is 0 Å². The van der Waals surface area contributed by atoms with Gasteiger partial charge in [-0.1, -0.05) is 6.58 Å². The number of carbonyl (C=O) groups is 1. The fourth-order valence-electron chi connectivity index (χ4n) is 4.79. The van der Waals surface area contributed by atoms with Gasteiger partial charge in [-0.15, -0.1) is 11.3 Å². The van der Waals surface area contributed by atoms with E-state index in [1.807, 2.05) is 51.1 Å². The Morgan fingerprint density at radius 2 is 1.79 bits per heavy atom. The molecule has 1 aliphatic rings. The number of hydrogen-bond donors (Lipinski definition) is 2. The first-order valence-electron chi connectivity index (χ1n) is 13.8. The summed E-state index contributed by atoms with van der Waals surface area (Å²) in [6.07, 6.45) is 1.98. The van der Waals surface area contributed by atoms with E-state index in [4.69, 9.17) is 24.2 Å². The number of hydrogen-bond acceptors (Lipinski definition) is 11. The topological polar surface area (TPSA) is 111 Å². The van der Waals surface area contributed by atoms with Gasteiger partial charge < -0.3 is 29.7 Å². The van der Waals surface area contributed by atoms with Crippen molar-refractivity contribution < 1.29 is 19.0 Å². The molecule has 0 saturated carbocycles. The zero-order chi connectivity index (χ0) is 29.9. The molecule has 1 unspecified atom stereocenters. The van der Waals surface area contributed by atoms with Crippen LogP contribution in [0.15, 0.2) is 60.3 Å². The molecule has 0 aliphatic carbocycles. The Morgan fingerprint density at radius 1 is 1.05 bits per heavy atom. The maximum absolute atomic E-state index is 12.4. The van der Waals surface area contributed by atoms with Crippen LogP contribution in [0.25, 0.3) is 10.3 Å². The number of anilines is 4. The first-order chi connectivity index (χ1) is 20.1. The van der Waals surface area contributed by atoms with E-state index in [-0.39, 0.29) is 11.9 Å². The fraction of sp³-hybridized carbons (Fsp3) is 0.355. The van der Waals surface area contributed by atoms with E-state index in [2.05, 4.69) is 27.1 Å². The summed E-state index contributed by atoms with van der Waals surface area (Å²) < 4.78 is 16.3. The predicted octanol–water partition coefficient (Wildman–Crippen LogP) is 6.64. The van der Waals surface area contributed by atoms with Crippen molar-refractivity contribution in [1.82, 2.24) is 15.0 Å². The molecule has 42 heavy (non-hydrogen) atoms. The number of fused-ring (bicyclic) bond motifs is 1. The van der Waals surface area contributed by atoms with Gasteiger partial charge in [-0.3, -0.25) is 0 Å². The Hall–Kier alpha value is -4.38. The zero-order valence-electron chi connectivity index (χ0n) is 24.6. The van der Waals surface area contributed by atoms with Crippen LogP contribution in [0, 0.1) is 5.92 Å². The number of piperidine rings is 1. The number of methoxy groups -OCH3 is 2. The summed E-state index contributed by atoms with van der Waals surface area (Å²) in [5, 5.41) is 6.83. The van der Waals surface area contributed by atoms with Crippen molar-refractivity contribution in [3.63, 3.8) is 0 Å². The third kappa shape index (κ3) is 6.73. The minimum absolute atomic E-state index is 0.187. The van der Waals surface area contributed by atoms with Crippen LogP contribution >= 0.6 is 11.3 Å². The molecule has 4 aromatic rings. The molecule has 220 valence electrons. The molecule has 1 aliphatic heterocycles. The van der Waals surface area contributed by atoms with Gasteiger partial charge in [0.2, 0.25) is 5.95 Å². The summed E-state index contributed by atoms with van der Waals surface area (Å²) in [5.41, 5.74) is 5.05. The molecule has 0 bridgehead atoms. The van der Waals surface area contributed by atoms with Gasteiger partial charge in [0, 0.05) is 42.1 Å². The van der Waals surface area contributed by atoms with Crippen LogP contribution in [-0.4, -0.2) is 53.8 Å². The molecule has 1 atom stereocenters. The molecule has 3 heterocycles. The van der Waals surface area contributed by atoms with E-state index in [1.165, 1.54) is 11.3 Å². The Balaban J connectivity index is 1.29. The fourth-order valence-corrected chi connectivity index (χ4v) is 5.44. The molecule has 5 rings (SSSR count). The molecule has 11 heteroatoms. The number of carbonyl (C=O) groups excluding carboxylic acids is 1. The van der Waals surface area contributed by atoms with Crippen LogP contribution in [-0.2, 0) is 4.74 Å². The lowest BCUT2D eigenvalue weighted by Gasteiger charge is -2.34. The molecule has 10 nitrogen and oxygen atoms in total. The zero-order valence-corrected chi connectivity index (χ0v) is 25.4. The highest BCUT2D eigenvalue weighted by Crippen LogP contribution is 2.34. The van der Waals surface area contributed by atoms with Crippen LogP contribution in [0.2, 0.25) is 0 Å². The first kappa shape index (κ1) is 29.1. The Bertz CT molecular complexity index is 1580. The smallest absolute Gasteiger partial charge is 0.338 e. The first-order valence-corrected chi connectivity index (χ1v) is 14.7. The van der Waals surface area contributed by atoms with E-state index < -0.39 is 5.60 Å². The summed E-state index contributed by atoms with van der Waals surface area (Å²) >= 11 is 1.48. The number of aromatic nitrogens is 3. The lowest BCUT2D eigenvalue weighted by Crippen LogP contribution is -2.38. The molecule has 2 aromatic carbocycles. The molecule has 1 fully saturated rings. The summed E-state index contributed by atoms with van der Waals surface area (Å²) in [4.78, 5) is 29.6. The number of nitrogens with zero attached hydrogens (tertiary/aromatic N) is 4. The summed E-state index contributed by atoms with van der Waals surface area (Å²) in [7, 11) is 3.22. The molecule has 2 N–H and O–H groups in total. The quantitative estimate of drug-likeness (QED) is 0.206. The van der Waals surface area contributed by atoms with Crippen molar-refractivity contribution in [3.05, 3.63) is 65.8 Å². The normalized spacial score (nSPS) is 15.3. The van der Waals surface area contributed by atoms with Crippen LogP contribution in [0.1, 0.15) is 44.0 Å². The standard InChI is InChI=1S/C31H36N6O4S/c1-19(33-22-11-9-20(10-12-22)29(38)41-31(2,3)4)21-8-7-15-37(17-21)30-35-27(26-28(36-30)42-18-32-26)34-23-13-14-24(39-5)25(16-23)40-6/h9-14,16,18,21,33H,1,7-8,15,17H2,2-6H3,(H,34,35,36). The molecule has 1 saturated heterocycles. The van der Waals surface area contributed by atoms with Crippen LogP contribution in [0.5, 0.6) is 11.5 Å². The summed E-state index contributed by atoms with van der Waals surface area (Å²) in [6.45, 7) is 11.5. The van der Waals surface area contributed by atoms with Crippen molar-refractivity contribution in [3.8, 4) is 11.5 Å². The van der Waals surface area contributed by atoms with E-state index in [9.17, 15) is 4.79 Å². The number of rotatable bonds is 9. The molecule has 2 aromatic heterocycles. The summed E-state index contributed by atoms with van der Waals surface area (Å²) in [5.74, 6) is 2.40. The number of ether oxygens (including phenoxy) is 3. The summed E-state index contributed by atoms with van der Waals surface area (Å²) in [6, 6.07) is 12.9. The second-order valence-electron chi connectivity index (χ2n) is 11.1. The maximum Gasteiger partial charge on any atom is 0.338 e. The van der Waals surface area contributed by atoms with Gasteiger partial charge in [0.15, 0.2) is 22.1 Å². The Kier molecular flexibility index (Phi) is 8.49. The molecule has 0 amide bonds. The minimum Gasteiger partial charge on any atom is -0.493 e. The van der Waals surface area contributed by atoms with Gasteiger partial charge in [0.25, 0.3) is 0 Å². The maximum atomic E-state index is 12.4. The highest BCUT2D eigenvalue weighted by molar-refractivity contribution is 7.16. The molecule has 0 radical (unpaired) electrons. The van der Waals surface area contributed by atoms with E-state index >= 15 is 0 Å². The van der Waals surface area contributed by atoms with Gasteiger partial charge in [0.1, 0.15) is 11.1 Å². The largest absolute Gasteiger partial charge is 0.493 e. The van der Waals surface area contributed by atoms with Gasteiger partial charge in [-0.25, -0.2) is 9.78 Å². The van der Waals surface area contributed by atoms with Crippen molar-refractivity contribution in [2.45, 2.75) is 39.2 Å². The number of benzene rings is 2. The second-order valence-corrected chi connectivity index (χ2v) is 11.9. The van der Waals surface area contributed by atoms with Gasteiger partial charge in [-0.2, -0.15) is 9.97 Å². The number of nitrogens with one attached hydrogen (secondary N) is 2. The van der Waals surface area contributed by atoms with Crippen molar-refractivity contribution in [2.24, 2.45) is 5.92 Å². The number of thiazole rings is 1. The van der Waals surface area contributed by atoms with Crippen LogP contribution in [0.4, 0.5) is 23.1 Å². The SMILES string of the molecule is C=C(Nc1ccc(C(=O)OC(C)(C)C)cc1)C1CCCN(c2nc(Nc3ccc(OC)c(OC)c3)c3ncsc3n2)C1. The lowest BCUT2D eigenvalue weighted by atomic mass is 9.95. The van der Waals surface area contributed by atoms with Gasteiger partial charge >= 0.3 is 5.97 Å². The minimum atomic E-state index is -0.538. The monoisotopic (exact) mass is 588 g/mol. The Morgan fingerprint density at radius 3 is 2.50 bits per heavy atom. The average Bonchev–Trinajstić information content (AvgIpc) is 3.46. The molecular weight excluding hydrogens is 552 g/mol. The Labute approximate surface area is 249 Å². The van der Waals surface area contributed by atoms with E-state index in [1.54, 1.807) is 31.9 Å². The lowest BCUT2D eigenvalue weighted by molar-refractivity contribution is 0.00695. The van der Waals surface area contributed by atoms with Gasteiger partial charge in [0.05, 0.1) is 25.3 Å². The van der Waals surface area contributed by atoms with Crippen molar-refractivity contribution in [1.29, 1.82) is 0 Å². The second kappa shape index (κ2) is 12.2. The molecular formula is C31H36N6O4S. The highest BCUT2D eigenvalue weighted by Gasteiger charge is 2.26. The van der Waals surface area contributed by atoms with Crippen LogP contribution < -0.4 is 25.0 Å². The molecule has 0 spiro atoms. The van der Waals surface area contributed by atoms with Crippen molar-refractivity contribution in [2.75, 3.05) is 42.8 Å². The van der Waals surface area contributed by atoms with E-state index in [0.717, 1.165) is 47.8 Å².